The van der Waals surface area contributed by atoms with Gasteiger partial charge < -0.3 is 8.98 Å². The highest BCUT2D eigenvalue weighted by Crippen LogP contribution is 2.49. The maximum Gasteiger partial charge on any atom is 0.227 e. The predicted molar refractivity (Wildman–Crippen MR) is 164 cm³/mol. The summed E-state index contributed by atoms with van der Waals surface area (Å²) in [4.78, 5) is 5.02. The molecular weight excluding hydrogens is 488 g/mol. The highest BCUT2D eigenvalue weighted by atomic mass is 16.4. The summed E-state index contributed by atoms with van der Waals surface area (Å²) in [6.07, 6.45) is 0. The van der Waals surface area contributed by atoms with Crippen LogP contribution < -0.4 is 0 Å². The molecule has 9 rings (SSSR count). The van der Waals surface area contributed by atoms with E-state index in [0.29, 0.717) is 5.89 Å². The number of hydrogen-bond acceptors (Lipinski definition) is 2. The molecule has 0 saturated carbocycles. The standard InChI is InChI=1S/C37H22N2O/c1-3-10-23(11-4-1)25-18-19-33-30(21-25)28-15-7-8-17-32(28)39(33)27-20-26-14-9-16-29-34(26)31(22-27)35-36(29)40-37(38-35)24-12-5-2-6-13-24/h1-22H. The SMILES string of the molecule is c1ccc(-c2ccc3c(c2)c2ccccc2n3-c2cc3c4c(cccc4c2)-c2oc(-c4ccccc4)nc2-3)cc1. The van der Waals surface area contributed by atoms with Gasteiger partial charge in [-0.2, -0.15) is 0 Å². The van der Waals surface area contributed by atoms with Gasteiger partial charge in [-0.1, -0.05) is 91.0 Å². The average molecular weight is 511 g/mol. The van der Waals surface area contributed by atoms with Crippen molar-refractivity contribution in [3.05, 3.63) is 133 Å². The molecular formula is C37H22N2O. The van der Waals surface area contributed by atoms with Crippen molar-refractivity contribution in [2.45, 2.75) is 0 Å². The smallest absolute Gasteiger partial charge is 0.227 e. The van der Waals surface area contributed by atoms with Crippen molar-refractivity contribution in [2.75, 3.05) is 0 Å². The summed E-state index contributed by atoms with van der Waals surface area (Å²) in [5.74, 6) is 1.51. The second-order valence-electron chi connectivity index (χ2n) is 10.4. The van der Waals surface area contributed by atoms with Crippen LogP contribution in [0.5, 0.6) is 0 Å². The fourth-order valence-corrected chi connectivity index (χ4v) is 6.37. The highest BCUT2D eigenvalue weighted by molar-refractivity contribution is 6.15. The van der Waals surface area contributed by atoms with Crippen LogP contribution in [0.15, 0.2) is 138 Å². The molecule has 1 aliphatic rings. The van der Waals surface area contributed by atoms with Crippen LogP contribution in [0.4, 0.5) is 0 Å². The largest absolute Gasteiger partial charge is 0.435 e. The van der Waals surface area contributed by atoms with Crippen LogP contribution in [-0.4, -0.2) is 9.55 Å². The lowest BCUT2D eigenvalue weighted by molar-refractivity contribution is 0.590. The number of oxazole rings is 1. The normalized spacial score (nSPS) is 12.0. The Kier molecular flexibility index (Phi) is 4.33. The van der Waals surface area contributed by atoms with E-state index in [4.69, 9.17) is 9.40 Å². The van der Waals surface area contributed by atoms with Crippen molar-refractivity contribution < 1.29 is 4.42 Å². The fraction of sp³-hybridized carbons (Fsp3) is 0. The molecule has 0 N–H and O–H groups in total. The van der Waals surface area contributed by atoms with Crippen molar-refractivity contribution in [1.82, 2.24) is 9.55 Å². The van der Waals surface area contributed by atoms with E-state index in [2.05, 4.69) is 108 Å². The van der Waals surface area contributed by atoms with Crippen LogP contribution in [0, 0.1) is 0 Å². The van der Waals surface area contributed by atoms with E-state index in [-0.39, 0.29) is 0 Å². The molecule has 3 heteroatoms. The molecule has 0 spiro atoms. The first kappa shape index (κ1) is 21.5. The summed E-state index contributed by atoms with van der Waals surface area (Å²) in [7, 11) is 0. The van der Waals surface area contributed by atoms with Crippen molar-refractivity contribution in [1.29, 1.82) is 0 Å². The van der Waals surface area contributed by atoms with E-state index >= 15 is 0 Å². The van der Waals surface area contributed by atoms with Gasteiger partial charge in [0.15, 0.2) is 5.76 Å². The quantitative estimate of drug-likeness (QED) is 0.237. The van der Waals surface area contributed by atoms with Crippen molar-refractivity contribution in [3.8, 4) is 50.8 Å². The topological polar surface area (TPSA) is 31.0 Å². The Hall–Kier alpha value is -5.41. The first-order valence-electron chi connectivity index (χ1n) is 13.6. The van der Waals surface area contributed by atoms with Gasteiger partial charge in [0, 0.05) is 38.5 Å². The lowest BCUT2D eigenvalue weighted by Crippen LogP contribution is -1.95. The lowest BCUT2D eigenvalue weighted by Gasteiger charge is -2.12. The zero-order chi connectivity index (χ0) is 26.2. The molecule has 186 valence electrons. The van der Waals surface area contributed by atoms with Crippen molar-refractivity contribution in [2.24, 2.45) is 0 Å². The highest BCUT2D eigenvalue weighted by Gasteiger charge is 2.29. The molecule has 0 bridgehead atoms. The van der Waals surface area contributed by atoms with E-state index in [1.54, 1.807) is 0 Å². The molecule has 0 unspecified atom stereocenters. The van der Waals surface area contributed by atoms with Crippen LogP contribution >= 0.6 is 0 Å². The third-order valence-corrected chi connectivity index (χ3v) is 8.15. The summed E-state index contributed by atoms with van der Waals surface area (Å²) in [5.41, 5.74) is 10.1. The monoisotopic (exact) mass is 510 g/mol. The molecule has 40 heavy (non-hydrogen) atoms. The Morgan fingerprint density at radius 1 is 0.525 bits per heavy atom. The van der Waals surface area contributed by atoms with Crippen LogP contribution in [0.2, 0.25) is 0 Å². The van der Waals surface area contributed by atoms with Crippen LogP contribution in [0.25, 0.3) is 83.4 Å². The van der Waals surface area contributed by atoms with Crippen LogP contribution in [0.1, 0.15) is 0 Å². The summed E-state index contributed by atoms with van der Waals surface area (Å²) in [6, 6.07) is 47.2. The second-order valence-corrected chi connectivity index (χ2v) is 10.4. The van der Waals surface area contributed by atoms with Gasteiger partial charge in [0.25, 0.3) is 0 Å². The van der Waals surface area contributed by atoms with Crippen LogP contribution in [-0.2, 0) is 0 Å². The number of aromatic nitrogens is 2. The van der Waals surface area contributed by atoms with E-state index in [0.717, 1.165) is 33.8 Å². The molecule has 0 radical (unpaired) electrons. The first-order valence-corrected chi connectivity index (χ1v) is 13.6. The number of hydrogen-bond donors (Lipinski definition) is 0. The predicted octanol–water partition coefficient (Wildman–Crippen LogP) is 9.91. The number of nitrogens with zero attached hydrogens (tertiary/aromatic N) is 2. The van der Waals surface area contributed by atoms with Gasteiger partial charge in [-0.3, -0.25) is 0 Å². The van der Waals surface area contributed by atoms with Crippen molar-refractivity contribution in [3.63, 3.8) is 0 Å². The van der Waals surface area contributed by atoms with Gasteiger partial charge in [-0.25, -0.2) is 4.98 Å². The third kappa shape index (κ3) is 2.97. The fourth-order valence-electron chi connectivity index (χ4n) is 6.37. The van der Waals surface area contributed by atoms with E-state index in [1.807, 2.05) is 30.3 Å². The van der Waals surface area contributed by atoms with Crippen LogP contribution in [0.3, 0.4) is 0 Å². The third-order valence-electron chi connectivity index (χ3n) is 8.15. The minimum Gasteiger partial charge on any atom is -0.435 e. The zero-order valence-electron chi connectivity index (χ0n) is 21.5. The summed E-state index contributed by atoms with van der Waals surface area (Å²) in [5, 5.41) is 4.88. The average Bonchev–Trinajstić information content (AvgIpc) is 3.69. The molecule has 0 atom stereocenters. The summed E-state index contributed by atoms with van der Waals surface area (Å²) in [6.45, 7) is 0. The van der Waals surface area contributed by atoms with E-state index in [1.165, 1.54) is 43.7 Å². The van der Waals surface area contributed by atoms with E-state index < -0.39 is 0 Å². The van der Waals surface area contributed by atoms with Gasteiger partial charge in [-0.15, -0.1) is 0 Å². The van der Waals surface area contributed by atoms with Gasteiger partial charge in [0.05, 0.1) is 11.0 Å². The summed E-state index contributed by atoms with van der Waals surface area (Å²) >= 11 is 0. The Morgan fingerprint density at radius 3 is 2.12 bits per heavy atom. The maximum absolute atomic E-state index is 6.39. The zero-order valence-corrected chi connectivity index (χ0v) is 21.5. The minimum atomic E-state index is 0.656. The molecule has 2 aromatic heterocycles. The molecule has 0 fully saturated rings. The summed E-state index contributed by atoms with van der Waals surface area (Å²) < 4.78 is 8.78. The Balaban J connectivity index is 1.30. The first-order chi connectivity index (χ1) is 19.8. The number of fused-ring (bicyclic) bond motifs is 6. The molecule has 0 saturated heterocycles. The second kappa shape index (κ2) is 8.05. The Morgan fingerprint density at radius 2 is 1.27 bits per heavy atom. The minimum absolute atomic E-state index is 0.656. The lowest BCUT2D eigenvalue weighted by atomic mass is 10.0. The van der Waals surface area contributed by atoms with Gasteiger partial charge in [0.2, 0.25) is 5.89 Å². The maximum atomic E-state index is 6.39. The molecule has 3 nitrogen and oxygen atoms in total. The molecule has 2 heterocycles. The number of rotatable bonds is 3. The van der Waals surface area contributed by atoms with E-state index in [9.17, 15) is 0 Å². The Labute approximate surface area is 230 Å². The molecule has 0 aliphatic heterocycles. The van der Waals surface area contributed by atoms with Gasteiger partial charge >= 0.3 is 0 Å². The molecule has 8 aromatic rings. The molecule has 0 amide bonds. The number of para-hydroxylation sites is 1. The Bertz CT molecular complexity index is 2260. The van der Waals surface area contributed by atoms with Gasteiger partial charge in [0.1, 0.15) is 5.69 Å². The number of benzene rings is 6. The van der Waals surface area contributed by atoms with Gasteiger partial charge in [-0.05, 0) is 59.0 Å². The van der Waals surface area contributed by atoms with Crippen molar-refractivity contribution >= 4 is 32.6 Å². The molecule has 6 aromatic carbocycles. The molecule has 1 aliphatic carbocycles.